The van der Waals surface area contributed by atoms with Gasteiger partial charge < -0.3 is 9.73 Å². The number of aromatic nitrogens is 1. The van der Waals surface area contributed by atoms with Crippen LogP contribution in [-0.4, -0.2) is 4.98 Å². The van der Waals surface area contributed by atoms with Crippen LogP contribution in [0.25, 0.3) is 10.9 Å². The van der Waals surface area contributed by atoms with Crippen molar-refractivity contribution in [2.24, 2.45) is 0 Å². The Labute approximate surface area is 119 Å². The highest BCUT2D eigenvalue weighted by atomic mass is 79.9. The van der Waals surface area contributed by atoms with E-state index in [1.54, 1.807) is 0 Å². The second kappa shape index (κ2) is 5.55. The van der Waals surface area contributed by atoms with Crippen molar-refractivity contribution in [3.63, 3.8) is 0 Å². The predicted molar refractivity (Wildman–Crippen MR) is 78.7 cm³/mol. The molecular weight excluding hydrogens is 304 g/mol. The Hall–Kier alpha value is -1.65. The number of hydrogen-bond donors (Lipinski definition) is 1. The Bertz CT molecular complexity index is 688. The van der Waals surface area contributed by atoms with Crippen molar-refractivity contribution in [1.29, 1.82) is 0 Å². The van der Waals surface area contributed by atoms with E-state index in [4.69, 9.17) is 4.42 Å². The van der Waals surface area contributed by atoms with E-state index in [1.165, 1.54) is 10.9 Å². The summed E-state index contributed by atoms with van der Waals surface area (Å²) >= 11 is 3.30. The van der Waals surface area contributed by atoms with Gasteiger partial charge in [0.2, 0.25) is 0 Å². The van der Waals surface area contributed by atoms with E-state index in [0.29, 0.717) is 6.54 Å². The van der Waals surface area contributed by atoms with Crippen LogP contribution in [0.5, 0.6) is 0 Å². The molecule has 3 nitrogen and oxygen atoms in total. The van der Waals surface area contributed by atoms with Gasteiger partial charge in [-0.1, -0.05) is 24.3 Å². The minimum Gasteiger partial charge on any atom is -0.453 e. The molecule has 0 saturated heterocycles. The summed E-state index contributed by atoms with van der Waals surface area (Å²) in [6, 6.07) is 14.1. The maximum atomic E-state index is 5.45. The largest absolute Gasteiger partial charge is 0.453 e. The first-order valence-electron chi connectivity index (χ1n) is 6.10. The number of benzene rings is 1. The lowest BCUT2D eigenvalue weighted by Crippen LogP contribution is -2.12. The monoisotopic (exact) mass is 316 g/mol. The Kier molecular flexibility index (Phi) is 3.62. The molecule has 1 aromatic carbocycles. The van der Waals surface area contributed by atoms with Gasteiger partial charge in [-0.2, -0.15) is 0 Å². The van der Waals surface area contributed by atoms with Gasteiger partial charge in [0, 0.05) is 18.1 Å². The molecule has 0 spiro atoms. The number of rotatable bonds is 4. The summed E-state index contributed by atoms with van der Waals surface area (Å²) in [4.78, 5) is 4.44. The maximum absolute atomic E-state index is 5.45. The minimum atomic E-state index is 0.703. The third-order valence-corrected chi connectivity index (χ3v) is 3.39. The zero-order valence-electron chi connectivity index (χ0n) is 10.3. The third kappa shape index (κ3) is 2.85. The number of fused-ring (bicyclic) bond motifs is 1. The fraction of sp³-hybridized carbons (Fsp3) is 0.133. The summed E-state index contributed by atoms with van der Waals surface area (Å²) in [5.74, 6) is 0.917. The molecule has 2 aromatic heterocycles. The van der Waals surface area contributed by atoms with E-state index >= 15 is 0 Å². The number of nitrogens with zero attached hydrogens (tertiary/aromatic N) is 1. The summed E-state index contributed by atoms with van der Waals surface area (Å²) in [5, 5.41) is 4.54. The van der Waals surface area contributed by atoms with Crippen LogP contribution in [0.3, 0.4) is 0 Å². The topological polar surface area (TPSA) is 38.1 Å². The van der Waals surface area contributed by atoms with Crippen molar-refractivity contribution in [3.05, 3.63) is 64.7 Å². The van der Waals surface area contributed by atoms with Gasteiger partial charge in [0.15, 0.2) is 4.67 Å². The van der Waals surface area contributed by atoms with Crippen LogP contribution in [0.2, 0.25) is 0 Å². The van der Waals surface area contributed by atoms with Crippen molar-refractivity contribution in [2.45, 2.75) is 13.1 Å². The van der Waals surface area contributed by atoms with E-state index in [1.807, 2.05) is 24.4 Å². The zero-order valence-corrected chi connectivity index (χ0v) is 11.9. The van der Waals surface area contributed by atoms with Crippen molar-refractivity contribution in [1.82, 2.24) is 10.3 Å². The fourth-order valence-corrected chi connectivity index (χ4v) is 2.42. The highest BCUT2D eigenvalue weighted by Crippen LogP contribution is 2.16. The normalized spacial score (nSPS) is 11.0. The van der Waals surface area contributed by atoms with Gasteiger partial charge in [0.25, 0.3) is 0 Å². The quantitative estimate of drug-likeness (QED) is 0.793. The van der Waals surface area contributed by atoms with Gasteiger partial charge in [-0.05, 0) is 39.7 Å². The summed E-state index contributed by atoms with van der Waals surface area (Å²) in [6.07, 6.45) is 1.83. The molecule has 0 saturated carbocycles. The molecule has 0 aliphatic carbocycles. The number of pyridine rings is 1. The molecule has 0 fully saturated rings. The Morgan fingerprint density at radius 1 is 1.05 bits per heavy atom. The summed E-state index contributed by atoms with van der Waals surface area (Å²) < 4.78 is 6.21. The van der Waals surface area contributed by atoms with E-state index in [2.05, 4.69) is 50.5 Å². The van der Waals surface area contributed by atoms with Crippen molar-refractivity contribution in [2.75, 3.05) is 0 Å². The molecule has 19 heavy (non-hydrogen) atoms. The number of furan rings is 1. The van der Waals surface area contributed by atoms with E-state index in [-0.39, 0.29) is 0 Å². The Balaban J connectivity index is 1.71. The molecule has 0 aliphatic heterocycles. The minimum absolute atomic E-state index is 0.703. The lowest BCUT2D eigenvalue weighted by molar-refractivity contribution is 0.465. The third-order valence-electron chi connectivity index (χ3n) is 2.96. The second-order valence-electron chi connectivity index (χ2n) is 4.30. The van der Waals surface area contributed by atoms with Gasteiger partial charge >= 0.3 is 0 Å². The lowest BCUT2D eigenvalue weighted by Gasteiger charge is -2.06. The van der Waals surface area contributed by atoms with Crippen molar-refractivity contribution >= 4 is 26.8 Å². The number of nitrogens with one attached hydrogen (secondary N) is 1. The lowest BCUT2D eigenvalue weighted by atomic mass is 10.1. The summed E-state index contributed by atoms with van der Waals surface area (Å²) in [5.41, 5.74) is 2.25. The molecule has 0 amide bonds. The molecule has 2 heterocycles. The van der Waals surface area contributed by atoms with Crippen LogP contribution in [0.1, 0.15) is 11.3 Å². The van der Waals surface area contributed by atoms with Gasteiger partial charge in [-0.15, -0.1) is 0 Å². The van der Waals surface area contributed by atoms with E-state index < -0.39 is 0 Å². The number of halogens is 1. The first-order valence-corrected chi connectivity index (χ1v) is 6.90. The summed E-state index contributed by atoms with van der Waals surface area (Å²) in [6.45, 7) is 1.47. The van der Waals surface area contributed by atoms with Crippen molar-refractivity contribution in [3.8, 4) is 0 Å². The van der Waals surface area contributed by atoms with Crippen LogP contribution in [0.15, 0.2) is 57.7 Å². The fourth-order valence-electron chi connectivity index (χ4n) is 2.08. The van der Waals surface area contributed by atoms with Gasteiger partial charge in [0.1, 0.15) is 5.76 Å². The van der Waals surface area contributed by atoms with Crippen LogP contribution in [0, 0.1) is 0 Å². The standard InChI is InChI=1S/C15H13BrN2O/c16-14-7-6-13(19-14)10-17-9-12-4-1-3-11-5-2-8-18-15(11)12/h1-8,17H,9-10H2. The highest BCUT2D eigenvalue weighted by molar-refractivity contribution is 9.10. The smallest absolute Gasteiger partial charge is 0.169 e. The molecule has 0 bridgehead atoms. The van der Waals surface area contributed by atoms with E-state index in [9.17, 15) is 0 Å². The predicted octanol–water partition coefficient (Wildman–Crippen LogP) is 3.88. The zero-order chi connectivity index (χ0) is 13.1. The molecule has 0 atom stereocenters. The van der Waals surface area contributed by atoms with Gasteiger partial charge in [-0.25, -0.2) is 0 Å². The second-order valence-corrected chi connectivity index (χ2v) is 5.08. The molecule has 3 rings (SSSR count). The van der Waals surface area contributed by atoms with Gasteiger partial charge in [0.05, 0.1) is 12.1 Å². The Morgan fingerprint density at radius 2 is 1.95 bits per heavy atom. The average Bonchev–Trinajstić information content (AvgIpc) is 2.85. The SMILES string of the molecule is Brc1ccc(CNCc2cccc3cccnc23)o1. The average molecular weight is 317 g/mol. The van der Waals surface area contributed by atoms with Crippen LogP contribution >= 0.6 is 15.9 Å². The molecule has 96 valence electrons. The molecular formula is C15H13BrN2O. The number of hydrogen-bond acceptors (Lipinski definition) is 3. The molecule has 1 N–H and O–H groups in total. The molecule has 0 unspecified atom stereocenters. The first kappa shape index (κ1) is 12.4. The highest BCUT2D eigenvalue weighted by Gasteiger charge is 2.02. The molecule has 0 radical (unpaired) electrons. The van der Waals surface area contributed by atoms with Crippen LogP contribution < -0.4 is 5.32 Å². The first-order chi connectivity index (χ1) is 9.33. The van der Waals surface area contributed by atoms with E-state index in [0.717, 1.165) is 22.5 Å². The van der Waals surface area contributed by atoms with Crippen LogP contribution in [-0.2, 0) is 13.1 Å². The molecule has 4 heteroatoms. The number of para-hydroxylation sites is 1. The van der Waals surface area contributed by atoms with Crippen LogP contribution in [0.4, 0.5) is 0 Å². The summed E-state index contributed by atoms with van der Waals surface area (Å²) in [7, 11) is 0. The molecule has 0 aliphatic rings. The van der Waals surface area contributed by atoms with Crippen molar-refractivity contribution < 1.29 is 4.42 Å². The Morgan fingerprint density at radius 3 is 2.79 bits per heavy atom. The van der Waals surface area contributed by atoms with Gasteiger partial charge in [-0.3, -0.25) is 4.98 Å². The maximum Gasteiger partial charge on any atom is 0.169 e. The molecule has 3 aromatic rings.